The van der Waals surface area contributed by atoms with Crippen molar-refractivity contribution < 1.29 is 28.5 Å². The summed E-state index contributed by atoms with van der Waals surface area (Å²) in [6, 6.07) is 13.6. The number of nitrogens with one attached hydrogen (secondary N) is 1. The number of aryl methyl sites for hydroxylation is 2. The third kappa shape index (κ3) is 5.03. The Morgan fingerprint density at radius 3 is 2.31 bits per heavy atom. The number of ketones is 1. The van der Waals surface area contributed by atoms with Gasteiger partial charge in [0, 0.05) is 29.6 Å². The molecule has 0 bridgehead atoms. The normalized spacial score (nSPS) is 12.2. The standard InChI is InChI=1S/C30H28N2O7/c1-17-5-6-19(11-18(17)2)29(34)22-15-32(16-28(33)31-20-7-8-24(36-3)25(12-20)37-4)23-14-27-26(38-9-10-39-27)13-21(23)30(22)35/h5-8,11-15H,9-10,16H2,1-4H3,(H,31,33). The van der Waals surface area contributed by atoms with E-state index in [4.69, 9.17) is 18.9 Å². The molecule has 4 aromatic rings. The highest BCUT2D eigenvalue weighted by Gasteiger charge is 2.22. The van der Waals surface area contributed by atoms with Gasteiger partial charge in [-0.15, -0.1) is 0 Å². The Kier molecular flexibility index (Phi) is 6.98. The van der Waals surface area contributed by atoms with Gasteiger partial charge in [-0.25, -0.2) is 0 Å². The van der Waals surface area contributed by atoms with E-state index in [0.717, 1.165) is 11.1 Å². The average molecular weight is 529 g/mol. The molecule has 0 radical (unpaired) electrons. The monoisotopic (exact) mass is 528 g/mol. The van der Waals surface area contributed by atoms with Gasteiger partial charge in [0.2, 0.25) is 11.3 Å². The first-order valence-electron chi connectivity index (χ1n) is 12.4. The van der Waals surface area contributed by atoms with Gasteiger partial charge in [0.1, 0.15) is 19.8 Å². The summed E-state index contributed by atoms with van der Waals surface area (Å²) in [6.45, 7) is 4.41. The number of aromatic nitrogens is 1. The highest BCUT2D eigenvalue weighted by Crippen LogP contribution is 2.34. The van der Waals surface area contributed by atoms with Gasteiger partial charge < -0.3 is 28.8 Å². The van der Waals surface area contributed by atoms with Crippen molar-refractivity contribution in [1.82, 2.24) is 4.57 Å². The van der Waals surface area contributed by atoms with Crippen molar-refractivity contribution in [3.8, 4) is 23.0 Å². The lowest BCUT2D eigenvalue weighted by molar-refractivity contribution is -0.116. The van der Waals surface area contributed by atoms with Gasteiger partial charge in [-0.1, -0.05) is 12.1 Å². The minimum atomic E-state index is -0.443. The Hall–Kier alpha value is -4.79. The number of methoxy groups -OCH3 is 2. The molecular formula is C30H28N2O7. The SMILES string of the molecule is COc1ccc(NC(=O)Cn2cc(C(=O)c3ccc(C)c(C)c3)c(=O)c3cc4c(cc32)OCCO4)cc1OC. The Morgan fingerprint density at radius 1 is 0.897 bits per heavy atom. The van der Waals surface area contributed by atoms with Crippen molar-refractivity contribution >= 4 is 28.3 Å². The summed E-state index contributed by atoms with van der Waals surface area (Å²) in [5.41, 5.74) is 2.84. The molecule has 1 amide bonds. The quantitative estimate of drug-likeness (QED) is 0.357. The number of hydrogen-bond donors (Lipinski definition) is 1. The first-order chi connectivity index (χ1) is 18.8. The van der Waals surface area contributed by atoms with Gasteiger partial charge in [-0.2, -0.15) is 0 Å². The van der Waals surface area contributed by atoms with Crippen LogP contribution >= 0.6 is 0 Å². The Morgan fingerprint density at radius 2 is 1.62 bits per heavy atom. The lowest BCUT2D eigenvalue weighted by atomic mass is 9.98. The third-order valence-electron chi connectivity index (χ3n) is 6.74. The highest BCUT2D eigenvalue weighted by atomic mass is 16.6. The third-order valence-corrected chi connectivity index (χ3v) is 6.74. The number of ether oxygens (including phenoxy) is 4. The van der Waals surface area contributed by atoms with Crippen molar-refractivity contribution in [2.45, 2.75) is 20.4 Å². The molecule has 2 heterocycles. The molecule has 0 atom stereocenters. The van der Waals surface area contributed by atoms with Gasteiger partial charge in [0.25, 0.3) is 0 Å². The maximum absolute atomic E-state index is 13.6. The number of hydrogen-bond acceptors (Lipinski definition) is 7. The number of anilines is 1. The van der Waals surface area contributed by atoms with Crippen molar-refractivity contribution in [3.63, 3.8) is 0 Å². The number of benzene rings is 3. The Balaban J connectivity index is 1.57. The number of nitrogens with zero attached hydrogens (tertiary/aromatic N) is 1. The lowest BCUT2D eigenvalue weighted by Gasteiger charge is -2.20. The molecule has 1 N–H and O–H groups in total. The number of amides is 1. The number of rotatable bonds is 7. The minimum absolute atomic E-state index is 0.0404. The zero-order valence-electron chi connectivity index (χ0n) is 22.1. The predicted molar refractivity (Wildman–Crippen MR) is 147 cm³/mol. The first kappa shape index (κ1) is 25.8. The van der Waals surface area contributed by atoms with Crippen LogP contribution in [0.3, 0.4) is 0 Å². The van der Waals surface area contributed by atoms with Gasteiger partial charge in [0.15, 0.2) is 28.8 Å². The van der Waals surface area contributed by atoms with Crippen LogP contribution in [0.15, 0.2) is 59.5 Å². The van der Waals surface area contributed by atoms with E-state index in [1.807, 2.05) is 19.9 Å². The van der Waals surface area contributed by atoms with Gasteiger partial charge in [-0.05, 0) is 49.2 Å². The molecule has 0 saturated carbocycles. The van der Waals surface area contributed by atoms with Crippen molar-refractivity contribution in [2.75, 3.05) is 32.8 Å². The molecule has 0 unspecified atom stereocenters. The summed E-state index contributed by atoms with van der Waals surface area (Å²) >= 11 is 0. The van der Waals surface area contributed by atoms with E-state index < -0.39 is 11.2 Å². The second kappa shape index (κ2) is 10.5. The molecule has 39 heavy (non-hydrogen) atoms. The summed E-state index contributed by atoms with van der Waals surface area (Å²) in [5.74, 6) is 1.09. The topological polar surface area (TPSA) is 105 Å². The summed E-state index contributed by atoms with van der Waals surface area (Å²) < 4.78 is 23.6. The van der Waals surface area contributed by atoms with Crippen LogP contribution in [-0.2, 0) is 11.3 Å². The van der Waals surface area contributed by atoms with Crippen molar-refractivity contribution in [2.24, 2.45) is 0 Å². The summed E-state index contributed by atoms with van der Waals surface area (Å²) in [5, 5.41) is 3.10. The molecule has 0 fully saturated rings. The summed E-state index contributed by atoms with van der Waals surface area (Å²) in [6.07, 6.45) is 1.44. The van der Waals surface area contributed by atoms with Crippen LogP contribution in [0, 0.1) is 13.8 Å². The zero-order valence-corrected chi connectivity index (χ0v) is 22.1. The van der Waals surface area contributed by atoms with Crippen LogP contribution in [0.4, 0.5) is 5.69 Å². The summed E-state index contributed by atoms with van der Waals surface area (Å²) in [7, 11) is 3.04. The van der Waals surface area contributed by atoms with Crippen LogP contribution in [-0.4, -0.2) is 43.7 Å². The van der Waals surface area contributed by atoms with Gasteiger partial charge in [0.05, 0.1) is 30.7 Å². The van der Waals surface area contributed by atoms with Crippen LogP contribution in [0.2, 0.25) is 0 Å². The van der Waals surface area contributed by atoms with Crippen LogP contribution < -0.4 is 29.7 Å². The number of carbonyl (C=O) groups excluding carboxylic acids is 2. The zero-order chi connectivity index (χ0) is 27.7. The molecule has 3 aromatic carbocycles. The van der Waals surface area contributed by atoms with Crippen LogP contribution in [0.25, 0.3) is 10.9 Å². The number of pyridine rings is 1. The van der Waals surface area contributed by atoms with Gasteiger partial charge >= 0.3 is 0 Å². The largest absolute Gasteiger partial charge is 0.493 e. The van der Waals surface area contributed by atoms with Gasteiger partial charge in [-0.3, -0.25) is 14.4 Å². The average Bonchev–Trinajstić information content (AvgIpc) is 2.94. The molecule has 0 aliphatic carbocycles. The fourth-order valence-electron chi connectivity index (χ4n) is 4.53. The second-order valence-corrected chi connectivity index (χ2v) is 9.26. The summed E-state index contributed by atoms with van der Waals surface area (Å²) in [4.78, 5) is 40.3. The van der Waals surface area contributed by atoms with E-state index in [1.54, 1.807) is 47.0 Å². The van der Waals surface area contributed by atoms with E-state index in [2.05, 4.69) is 5.32 Å². The molecular weight excluding hydrogens is 500 g/mol. The Labute approximate surface area is 224 Å². The number of carbonyl (C=O) groups is 2. The van der Waals surface area contributed by atoms with E-state index >= 15 is 0 Å². The Bertz CT molecular complexity index is 1670. The molecule has 200 valence electrons. The molecule has 9 nitrogen and oxygen atoms in total. The van der Waals surface area contributed by atoms with E-state index in [-0.39, 0.29) is 23.4 Å². The fraction of sp³-hybridized carbons (Fsp3) is 0.233. The van der Waals surface area contributed by atoms with Crippen molar-refractivity contribution in [1.29, 1.82) is 0 Å². The maximum atomic E-state index is 13.6. The van der Waals surface area contributed by atoms with E-state index in [1.165, 1.54) is 20.4 Å². The molecule has 1 aromatic heterocycles. The molecule has 0 spiro atoms. The smallest absolute Gasteiger partial charge is 0.244 e. The second-order valence-electron chi connectivity index (χ2n) is 9.26. The number of fused-ring (bicyclic) bond motifs is 2. The lowest BCUT2D eigenvalue weighted by Crippen LogP contribution is -2.25. The maximum Gasteiger partial charge on any atom is 0.244 e. The van der Waals surface area contributed by atoms with E-state index in [9.17, 15) is 14.4 Å². The first-order valence-corrected chi connectivity index (χ1v) is 12.4. The molecule has 1 aliphatic rings. The van der Waals surface area contributed by atoms with Crippen LogP contribution in [0.1, 0.15) is 27.0 Å². The minimum Gasteiger partial charge on any atom is -0.493 e. The van der Waals surface area contributed by atoms with Crippen LogP contribution in [0.5, 0.6) is 23.0 Å². The van der Waals surface area contributed by atoms with Crippen molar-refractivity contribution in [3.05, 3.63) is 87.2 Å². The molecule has 5 rings (SSSR count). The molecule has 9 heteroatoms. The highest BCUT2D eigenvalue weighted by molar-refractivity contribution is 6.10. The molecule has 0 saturated heterocycles. The van der Waals surface area contributed by atoms with E-state index in [0.29, 0.717) is 53.0 Å². The molecule has 1 aliphatic heterocycles. The fourth-order valence-corrected chi connectivity index (χ4v) is 4.53. The predicted octanol–water partition coefficient (Wildman–Crippen LogP) is 4.28.